The fourth-order valence-electron chi connectivity index (χ4n) is 3.48. The number of hydrogen-bond acceptors (Lipinski definition) is 5. The summed E-state index contributed by atoms with van der Waals surface area (Å²) in [5.74, 6) is 1.15. The average molecular weight is 392 g/mol. The average Bonchev–Trinajstić information content (AvgIpc) is 2.71. The SMILES string of the molecule is COc1cc(C(=O)N[C@@H](CC(C)C)C(=O)N2CCCCC2)cc(OC)c1OC. The highest BCUT2D eigenvalue weighted by Crippen LogP contribution is 2.38. The van der Waals surface area contributed by atoms with Crippen molar-refractivity contribution in [2.45, 2.75) is 45.6 Å². The van der Waals surface area contributed by atoms with Crippen molar-refractivity contribution in [1.29, 1.82) is 0 Å². The van der Waals surface area contributed by atoms with Gasteiger partial charge in [0.25, 0.3) is 5.91 Å². The van der Waals surface area contributed by atoms with E-state index in [4.69, 9.17) is 14.2 Å². The molecule has 1 aliphatic rings. The van der Waals surface area contributed by atoms with E-state index in [1.807, 2.05) is 18.7 Å². The molecule has 1 aromatic rings. The van der Waals surface area contributed by atoms with E-state index < -0.39 is 6.04 Å². The summed E-state index contributed by atoms with van der Waals surface area (Å²) in [4.78, 5) is 27.8. The summed E-state index contributed by atoms with van der Waals surface area (Å²) in [6.07, 6.45) is 3.77. The fraction of sp³-hybridized carbons (Fsp3) is 0.619. The second-order valence-electron chi connectivity index (χ2n) is 7.46. The molecule has 0 radical (unpaired) electrons. The maximum atomic E-state index is 13.0. The quantitative estimate of drug-likeness (QED) is 0.736. The first-order valence-corrected chi connectivity index (χ1v) is 9.80. The Kier molecular flexibility index (Phi) is 7.96. The number of amides is 2. The van der Waals surface area contributed by atoms with Crippen LogP contribution in [0.5, 0.6) is 17.2 Å². The molecule has 1 saturated heterocycles. The fourth-order valence-corrected chi connectivity index (χ4v) is 3.48. The zero-order chi connectivity index (χ0) is 20.7. The van der Waals surface area contributed by atoms with E-state index in [9.17, 15) is 9.59 Å². The Hall–Kier alpha value is -2.44. The number of methoxy groups -OCH3 is 3. The lowest BCUT2D eigenvalue weighted by Crippen LogP contribution is -2.50. The van der Waals surface area contributed by atoms with Gasteiger partial charge < -0.3 is 24.4 Å². The molecule has 1 atom stereocenters. The van der Waals surface area contributed by atoms with Gasteiger partial charge in [0, 0.05) is 18.7 Å². The predicted molar refractivity (Wildman–Crippen MR) is 107 cm³/mol. The predicted octanol–water partition coefficient (Wildman–Crippen LogP) is 2.87. The summed E-state index contributed by atoms with van der Waals surface area (Å²) in [6.45, 7) is 5.60. The zero-order valence-corrected chi connectivity index (χ0v) is 17.5. The van der Waals surface area contributed by atoms with Crippen molar-refractivity contribution in [1.82, 2.24) is 10.2 Å². The first-order valence-electron chi connectivity index (χ1n) is 9.80. The van der Waals surface area contributed by atoms with Crippen LogP contribution in [0.15, 0.2) is 12.1 Å². The number of benzene rings is 1. The molecule has 7 nitrogen and oxygen atoms in total. The van der Waals surface area contributed by atoms with Gasteiger partial charge in [-0.15, -0.1) is 0 Å². The molecule has 0 bridgehead atoms. The lowest BCUT2D eigenvalue weighted by molar-refractivity contribution is -0.134. The van der Waals surface area contributed by atoms with Gasteiger partial charge in [0.2, 0.25) is 11.7 Å². The number of rotatable bonds is 8. The molecule has 28 heavy (non-hydrogen) atoms. The normalized spacial score (nSPS) is 15.1. The highest BCUT2D eigenvalue weighted by molar-refractivity contribution is 5.98. The monoisotopic (exact) mass is 392 g/mol. The van der Waals surface area contributed by atoms with Crippen LogP contribution < -0.4 is 19.5 Å². The standard InChI is InChI=1S/C21H32N2O5/c1-14(2)11-16(21(25)23-9-7-6-8-10-23)22-20(24)15-12-17(26-3)19(28-5)18(13-15)27-4/h12-14,16H,6-11H2,1-5H3,(H,22,24)/t16-/m0/s1. The highest BCUT2D eigenvalue weighted by atomic mass is 16.5. The molecule has 1 N–H and O–H groups in total. The minimum Gasteiger partial charge on any atom is -0.493 e. The molecule has 0 spiro atoms. The van der Waals surface area contributed by atoms with Gasteiger partial charge >= 0.3 is 0 Å². The van der Waals surface area contributed by atoms with Crippen LogP contribution in [-0.2, 0) is 4.79 Å². The van der Waals surface area contributed by atoms with Crippen molar-refractivity contribution in [2.75, 3.05) is 34.4 Å². The van der Waals surface area contributed by atoms with Gasteiger partial charge in [-0.25, -0.2) is 0 Å². The van der Waals surface area contributed by atoms with Crippen molar-refractivity contribution in [3.05, 3.63) is 17.7 Å². The minimum absolute atomic E-state index is 0.00538. The molecule has 2 rings (SSSR count). The lowest BCUT2D eigenvalue weighted by Gasteiger charge is -2.31. The summed E-state index contributed by atoms with van der Waals surface area (Å²) in [5.41, 5.74) is 0.356. The summed E-state index contributed by atoms with van der Waals surface area (Å²) < 4.78 is 15.9. The Balaban J connectivity index is 2.23. The molecule has 1 aromatic carbocycles. The van der Waals surface area contributed by atoms with Gasteiger partial charge in [0.1, 0.15) is 6.04 Å². The lowest BCUT2D eigenvalue weighted by atomic mass is 10.0. The van der Waals surface area contributed by atoms with E-state index in [2.05, 4.69) is 5.32 Å². The topological polar surface area (TPSA) is 77.1 Å². The number of hydrogen-bond donors (Lipinski definition) is 1. The Morgan fingerprint density at radius 2 is 1.57 bits per heavy atom. The molecule has 0 aromatic heterocycles. The van der Waals surface area contributed by atoms with E-state index in [-0.39, 0.29) is 17.7 Å². The van der Waals surface area contributed by atoms with Gasteiger partial charge in [-0.2, -0.15) is 0 Å². The molecular weight excluding hydrogens is 360 g/mol. The Morgan fingerprint density at radius 1 is 1.00 bits per heavy atom. The number of carbonyl (C=O) groups excluding carboxylic acids is 2. The van der Waals surface area contributed by atoms with Gasteiger partial charge in [-0.1, -0.05) is 13.8 Å². The van der Waals surface area contributed by atoms with Crippen LogP contribution in [0, 0.1) is 5.92 Å². The Morgan fingerprint density at radius 3 is 2.04 bits per heavy atom. The molecule has 1 fully saturated rings. The molecule has 2 amide bonds. The Labute approximate surface area is 167 Å². The maximum Gasteiger partial charge on any atom is 0.252 e. The van der Waals surface area contributed by atoms with Crippen LogP contribution >= 0.6 is 0 Å². The largest absolute Gasteiger partial charge is 0.493 e. The highest BCUT2D eigenvalue weighted by Gasteiger charge is 2.28. The molecule has 0 unspecified atom stereocenters. The third-order valence-corrected chi connectivity index (χ3v) is 4.91. The maximum absolute atomic E-state index is 13.0. The first kappa shape index (κ1) is 21.9. The molecule has 1 aliphatic heterocycles. The smallest absolute Gasteiger partial charge is 0.252 e. The number of ether oxygens (including phenoxy) is 3. The molecule has 1 heterocycles. The van der Waals surface area contributed by atoms with Gasteiger partial charge in [-0.05, 0) is 43.7 Å². The molecule has 0 saturated carbocycles. The van der Waals surface area contributed by atoms with Gasteiger partial charge in [-0.3, -0.25) is 9.59 Å². The van der Waals surface area contributed by atoms with Crippen molar-refractivity contribution in [2.24, 2.45) is 5.92 Å². The summed E-state index contributed by atoms with van der Waals surface area (Å²) in [7, 11) is 4.51. The Bertz CT molecular complexity index is 658. The van der Waals surface area contributed by atoms with Crippen molar-refractivity contribution in [3.8, 4) is 17.2 Å². The second-order valence-corrected chi connectivity index (χ2v) is 7.46. The van der Waals surface area contributed by atoms with Crippen molar-refractivity contribution in [3.63, 3.8) is 0 Å². The summed E-state index contributed by atoms with van der Waals surface area (Å²) in [6, 6.07) is 2.63. The molecule has 7 heteroatoms. The van der Waals surface area contributed by atoms with Crippen LogP contribution in [0.25, 0.3) is 0 Å². The third kappa shape index (κ3) is 5.30. The molecule has 156 valence electrons. The van der Waals surface area contributed by atoms with Crippen LogP contribution in [0.4, 0.5) is 0 Å². The van der Waals surface area contributed by atoms with E-state index in [0.29, 0.717) is 29.2 Å². The number of nitrogens with zero attached hydrogens (tertiary/aromatic N) is 1. The second kappa shape index (κ2) is 10.2. The van der Waals surface area contributed by atoms with Crippen molar-refractivity contribution >= 4 is 11.8 Å². The third-order valence-electron chi connectivity index (χ3n) is 4.91. The number of likely N-dealkylation sites (tertiary alicyclic amines) is 1. The van der Waals surface area contributed by atoms with E-state index in [1.54, 1.807) is 12.1 Å². The zero-order valence-electron chi connectivity index (χ0n) is 17.5. The van der Waals surface area contributed by atoms with Gasteiger partial charge in [0.05, 0.1) is 21.3 Å². The summed E-state index contributed by atoms with van der Waals surface area (Å²) in [5, 5.41) is 2.92. The first-order chi connectivity index (χ1) is 13.4. The van der Waals surface area contributed by atoms with Crippen LogP contribution in [0.1, 0.15) is 49.9 Å². The molecule has 0 aliphatic carbocycles. The van der Waals surface area contributed by atoms with Crippen LogP contribution in [0.2, 0.25) is 0 Å². The molecular formula is C21H32N2O5. The van der Waals surface area contributed by atoms with Crippen LogP contribution in [0.3, 0.4) is 0 Å². The van der Waals surface area contributed by atoms with E-state index >= 15 is 0 Å². The van der Waals surface area contributed by atoms with Crippen molar-refractivity contribution < 1.29 is 23.8 Å². The van der Waals surface area contributed by atoms with E-state index in [0.717, 1.165) is 32.4 Å². The van der Waals surface area contributed by atoms with Gasteiger partial charge in [0.15, 0.2) is 11.5 Å². The van der Waals surface area contributed by atoms with Crippen LogP contribution in [-0.4, -0.2) is 57.2 Å². The number of piperidine rings is 1. The minimum atomic E-state index is -0.551. The number of carbonyl (C=O) groups is 2. The number of nitrogens with one attached hydrogen (secondary N) is 1. The van der Waals surface area contributed by atoms with E-state index in [1.165, 1.54) is 21.3 Å². The summed E-state index contributed by atoms with van der Waals surface area (Å²) >= 11 is 0.